The van der Waals surface area contributed by atoms with Crippen LogP contribution in [0.5, 0.6) is 0 Å². The zero-order valence-electron chi connectivity index (χ0n) is 14.1. The van der Waals surface area contributed by atoms with Gasteiger partial charge in [0.1, 0.15) is 19.6 Å². The molecule has 0 saturated carbocycles. The van der Waals surface area contributed by atoms with E-state index in [1.807, 2.05) is 58.0 Å². The third-order valence-electron chi connectivity index (χ3n) is 3.88. The smallest absolute Gasteiger partial charge is 0.117 e. The fourth-order valence-electron chi connectivity index (χ4n) is 2.15. The Labute approximate surface area is 134 Å². The Morgan fingerprint density at radius 1 is 1.09 bits per heavy atom. The van der Waals surface area contributed by atoms with E-state index in [1.165, 1.54) is 0 Å². The second kappa shape index (κ2) is 9.46. The second-order valence-electron chi connectivity index (χ2n) is 6.14. The van der Waals surface area contributed by atoms with Crippen LogP contribution in [0.2, 0.25) is 0 Å². The maximum atomic E-state index is 12.9. The van der Waals surface area contributed by atoms with Crippen LogP contribution in [0, 0.1) is 0 Å². The Hall–Kier alpha value is -0.670. The third-order valence-corrected chi connectivity index (χ3v) is 7.93. The summed E-state index contributed by atoms with van der Waals surface area (Å²) in [6.45, 7) is 8.49. The van der Waals surface area contributed by atoms with E-state index in [9.17, 15) is 9.67 Å². The first-order valence-electron chi connectivity index (χ1n) is 7.82. The SMILES string of the molecule is CC(C)P(=O)(COC(CO)COCc1ccccc1)C(C)C. The van der Waals surface area contributed by atoms with Crippen molar-refractivity contribution in [2.24, 2.45) is 0 Å². The first-order chi connectivity index (χ1) is 10.4. The fraction of sp³-hybridized carbons (Fsp3) is 0.647. The van der Waals surface area contributed by atoms with E-state index < -0.39 is 13.2 Å². The molecule has 1 atom stereocenters. The van der Waals surface area contributed by atoms with Gasteiger partial charge in [-0.3, -0.25) is 0 Å². The summed E-state index contributed by atoms with van der Waals surface area (Å²) < 4.78 is 24.1. The largest absolute Gasteiger partial charge is 0.394 e. The normalized spacial score (nSPS) is 13.8. The molecule has 1 N–H and O–H groups in total. The van der Waals surface area contributed by atoms with E-state index in [0.717, 1.165) is 5.56 Å². The van der Waals surface area contributed by atoms with Crippen molar-refractivity contribution in [3.63, 3.8) is 0 Å². The van der Waals surface area contributed by atoms with E-state index in [-0.39, 0.29) is 24.3 Å². The number of aliphatic hydroxyl groups excluding tert-OH is 1. The van der Waals surface area contributed by atoms with Crippen LogP contribution in [0.15, 0.2) is 30.3 Å². The summed E-state index contributed by atoms with van der Waals surface area (Å²) in [5, 5.41) is 9.40. The molecule has 1 rings (SSSR count). The summed E-state index contributed by atoms with van der Waals surface area (Å²) in [6.07, 6.45) is -0.239. The molecular formula is C17H29O4P. The quantitative estimate of drug-likeness (QED) is 0.665. The molecule has 0 spiro atoms. The van der Waals surface area contributed by atoms with E-state index in [2.05, 4.69) is 0 Å². The topological polar surface area (TPSA) is 55.8 Å². The molecule has 5 heteroatoms. The van der Waals surface area contributed by atoms with Crippen LogP contribution in [0.3, 0.4) is 0 Å². The highest BCUT2D eigenvalue weighted by Crippen LogP contribution is 2.54. The molecule has 22 heavy (non-hydrogen) atoms. The number of hydrogen-bond donors (Lipinski definition) is 1. The molecule has 0 fully saturated rings. The second-order valence-corrected chi connectivity index (χ2v) is 10.2. The molecule has 4 nitrogen and oxygen atoms in total. The maximum absolute atomic E-state index is 12.9. The zero-order chi connectivity index (χ0) is 16.6. The number of rotatable bonds is 10. The first kappa shape index (κ1) is 19.4. The van der Waals surface area contributed by atoms with Crippen molar-refractivity contribution in [1.82, 2.24) is 0 Å². The van der Waals surface area contributed by atoms with Crippen molar-refractivity contribution >= 4 is 7.14 Å². The average Bonchev–Trinajstić information content (AvgIpc) is 2.50. The molecule has 1 aromatic rings. The van der Waals surface area contributed by atoms with Crippen molar-refractivity contribution < 1.29 is 19.1 Å². The van der Waals surface area contributed by atoms with Crippen LogP contribution >= 0.6 is 7.14 Å². The lowest BCUT2D eigenvalue weighted by molar-refractivity contribution is -0.0323. The van der Waals surface area contributed by atoms with E-state index in [1.54, 1.807) is 0 Å². The van der Waals surface area contributed by atoms with Gasteiger partial charge in [0.05, 0.1) is 19.8 Å². The summed E-state index contributed by atoms with van der Waals surface area (Å²) in [5.74, 6) is 0. The highest BCUT2D eigenvalue weighted by atomic mass is 31.2. The van der Waals surface area contributed by atoms with Crippen LogP contribution in [0.25, 0.3) is 0 Å². The predicted molar refractivity (Wildman–Crippen MR) is 90.8 cm³/mol. The van der Waals surface area contributed by atoms with Gasteiger partial charge in [0.15, 0.2) is 0 Å². The number of benzene rings is 1. The van der Waals surface area contributed by atoms with Crippen molar-refractivity contribution in [3.05, 3.63) is 35.9 Å². The Kier molecular flexibility index (Phi) is 8.34. The van der Waals surface area contributed by atoms with E-state index in [0.29, 0.717) is 13.2 Å². The van der Waals surface area contributed by atoms with Gasteiger partial charge in [-0.2, -0.15) is 0 Å². The van der Waals surface area contributed by atoms with Crippen LogP contribution < -0.4 is 0 Å². The number of ether oxygens (including phenoxy) is 2. The summed E-state index contributed by atoms with van der Waals surface area (Å²) >= 11 is 0. The van der Waals surface area contributed by atoms with Crippen molar-refractivity contribution in [3.8, 4) is 0 Å². The highest BCUT2D eigenvalue weighted by Gasteiger charge is 2.31. The number of aliphatic hydroxyl groups is 1. The molecule has 0 aliphatic carbocycles. The molecule has 0 aliphatic heterocycles. The van der Waals surface area contributed by atoms with Crippen LogP contribution in [-0.2, 0) is 20.6 Å². The van der Waals surface area contributed by atoms with Crippen molar-refractivity contribution in [1.29, 1.82) is 0 Å². The monoisotopic (exact) mass is 328 g/mol. The Balaban J connectivity index is 2.43. The third kappa shape index (κ3) is 5.85. The van der Waals surface area contributed by atoms with Gasteiger partial charge >= 0.3 is 0 Å². The molecule has 0 amide bonds. The molecule has 0 aliphatic rings. The molecule has 1 unspecified atom stereocenters. The minimum atomic E-state index is -2.41. The highest BCUT2D eigenvalue weighted by molar-refractivity contribution is 7.65. The van der Waals surface area contributed by atoms with Crippen LogP contribution in [-0.4, -0.2) is 42.1 Å². The van der Waals surface area contributed by atoms with Gasteiger partial charge in [0.25, 0.3) is 0 Å². The molecule has 0 radical (unpaired) electrons. The predicted octanol–water partition coefficient (Wildman–Crippen LogP) is 3.72. The standard InChI is InChI=1S/C17H29O4P/c1-14(2)22(19,15(3)4)13-21-17(10-18)12-20-11-16-8-6-5-7-9-16/h5-9,14-15,17-18H,10-13H2,1-4H3. The van der Waals surface area contributed by atoms with E-state index >= 15 is 0 Å². The molecule has 126 valence electrons. The van der Waals surface area contributed by atoms with Crippen LogP contribution in [0.4, 0.5) is 0 Å². The molecule has 0 saturated heterocycles. The van der Waals surface area contributed by atoms with Gasteiger partial charge < -0.3 is 19.1 Å². The zero-order valence-corrected chi connectivity index (χ0v) is 15.0. The minimum absolute atomic E-state index is 0.0806. The van der Waals surface area contributed by atoms with Gasteiger partial charge in [-0.15, -0.1) is 0 Å². The van der Waals surface area contributed by atoms with Gasteiger partial charge in [-0.05, 0) is 5.56 Å². The molecular weight excluding hydrogens is 299 g/mol. The Morgan fingerprint density at radius 3 is 2.18 bits per heavy atom. The lowest BCUT2D eigenvalue weighted by Gasteiger charge is -2.27. The van der Waals surface area contributed by atoms with Gasteiger partial charge in [-0.25, -0.2) is 0 Å². The summed E-state index contributed by atoms with van der Waals surface area (Å²) in [4.78, 5) is 0. The lowest BCUT2D eigenvalue weighted by Crippen LogP contribution is -2.26. The maximum Gasteiger partial charge on any atom is 0.117 e. The fourth-order valence-corrected chi connectivity index (χ4v) is 4.38. The molecule has 0 heterocycles. The Bertz CT molecular complexity index is 447. The number of hydrogen-bond acceptors (Lipinski definition) is 4. The molecule has 0 bridgehead atoms. The van der Waals surface area contributed by atoms with Gasteiger partial charge in [0, 0.05) is 11.3 Å². The van der Waals surface area contributed by atoms with Crippen molar-refractivity contribution in [2.75, 3.05) is 19.6 Å². The van der Waals surface area contributed by atoms with Crippen molar-refractivity contribution in [2.45, 2.75) is 51.7 Å². The molecule has 0 aromatic heterocycles. The minimum Gasteiger partial charge on any atom is -0.394 e. The Morgan fingerprint density at radius 2 is 1.68 bits per heavy atom. The lowest BCUT2D eigenvalue weighted by atomic mass is 10.2. The summed E-state index contributed by atoms with van der Waals surface area (Å²) in [6, 6.07) is 9.85. The summed E-state index contributed by atoms with van der Waals surface area (Å²) in [7, 11) is -2.41. The van der Waals surface area contributed by atoms with Gasteiger partial charge in [0.2, 0.25) is 0 Å². The van der Waals surface area contributed by atoms with E-state index in [4.69, 9.17) is 9.47 Å². The van der Waals surface area contributed by atoms with Crippen LogP contribution in [0.1, 0.15) is 33.3 Å². The van der Waals surface area contributed by atoms with Gasteiger partial charge in [-0.1, -0.05) is 58.0 Å². The summed E-state index contributed by atoms with van der Waals surface area (Å²) in [5.41, 5.74) is 1.24. The average molecular weight is 328 g/mol. The first-order valence-corrected chi connectivity index (χ1v) is 9.85. The molecule has 1 aromatic carbocycles.